The van der Waals surface area contributed by atoms with E-state index in [2.05, 4.69) is 19.9 Å². The molecule has 0 bridgehead atoms. The van der Waals surface area contributed by atoms with Crippen LogP contribution in [0.25, 0.3) is 0 Å². The fourth-order valence-electron chi connectivity index (χ4n) is 1.23. The van der Waals surface area contributed by atoms with Gasteiger partial charge in [-0.3, -0.25) is 0 Å². The van der Waals surface area contributed by atoms with Crippen molar-refractivity contribution in [3.8, 4) is 0 Å². The molecule has 8 heteroatoms. The highest BCUT2D eigenvalue weighted by molar-refractivity contribution is 7.92. The molecule has 90 valence electrons. The number of anilines is 1. The highest BCUT2D eigenvalue weighted by Gasteiger charge is 2.16. The van der Waals surface area contributed by atoms with Crippen LogP contribution in [-0.4, -0.2) is 23.6 Å². The predicted octanol–water partition coefficient (Wildman–Crippen LogP) is 1.05. The Morgan fingerprint density at radius 3 is 2.76 bits per heavy atom. The molecule has 2 aromatic rings. The van der Waals surface area contributed by atoms with Gasteiger partial charge in [-0.2, -0.15) is 10.1 Å². The maximum Gasteiger partial charge on any atom is 0.264 e. The third kappa shape index (κ3) is 2.41. The third-order valence-electron chi connectivity index (χ3n) is 2.09. The Balaban J connectivity index is 2.35. The summed E-state index contributed by atoms with van der Waals surface area (Å²) in [6.45, 7) is 1.49. The van der Waals surface area contributed by atoms with Crippen LogP contribution in [0.4, 0.5) is 10.3 Å². The highest BCUT2D eigenvalue weighted by Crippen LogP contribution is 2.16. The summed E-state index contributed by atoms with van der Waals surface area (Å²) in [7, 11) is -3.77. The number of aromatic amines is 1. The van der Waals surface area contributed by atoms with Crippen molar-refractivity contribution in [1.82, 2.24) is 15.2 Å². The highest BCUT2D eigenvalue weighted by atomic mass is 32.2. The Morgan fingerprint density at radius 2 is 2.18 bits per heavy atom. The first-order chi connectivity index (χ1) is 7.99. The van der Waals surface area contributed by atoms with Gasteiger partial charge in [-0.15, -0.1) is 0 Å². The lowest BCUT2D eigenvalue weighted by atomic mass is 10.2. The van der Waals surface area contributed by atoms with Crippen molar-refractivity contribution in [2.75, 3.05) is 4.72 Å². The van der Waals surface area contributed by atoms with Crippen molar-refractivity contribution >= 4 is 16.0 Å². The average molecular weight is 256 g/mol. The summed E-state index contributed by atoms with van der Waals surface area (Å²) in [5, 5.41) is 5.87. The van der Waals surface area contributed by atoms with E-state index < -0.39 is 15.8 Å². The Bertz CT molecular complexity index is 624. The monoisotopic (exact) mass is 256 g/mol. The minimum atomic E-state index is -3.77. The van der Waals surface area contributed by atoms with Crippen LogP contribution < -0.4 is 4.72 Å². The van der Waals surface area contributed by atoms with Crippen molar-refractivity contribution in [3.63, 3.8) is 0 Å². The second-order valence-corrected chi connectivity index (χ2v) is 5.03. The lowest BCUT2D eigenvalue weighted by molar-refractivity contribution is 0.598. The molecule has 1 aromatic carbocycles. The van der Waals surface area contributed by atoms with Gasteiger partial charge in [0.2, 0.25) is 5.95 Å². The molecule has 0 saturated heterocycles. The molecule has 6 nitrogen and oxygen atoms in total. The van der Waals surface area contributed by atoms with Gasteiger partial charge in [0.25, 0.3) is 10.0 Å². The number of halogens is 1. The van der Waals surface area contributed by atoms with E-state index in [-0.39, 0.29) is 16.4 Å². The number of sulfonamides is 1. The molecular formula is C9H9FN4O2S. The summed E-state index contributed by atoms with van der Waals surface area (Å²) < 4.78 is 38.9. The van der Waals surface area contributed by atoms with Crippen molar-refractivity contribution < 1.29 is 12.8 Å². The van der Waals surface area contributed by atoms with Gasteiger partial charge in [0.15, 0.2) is 0 Å². The van der Waals surface area contributed by atoms with Gasteiger partial charge in [0, 0.05) is 0 Å². The van der Waals surface area contributed by atoms with Crippen LogP contribution in [-0.2, 0) is 10.0 Å². The summed E-state index contributed by atoms with van der Waals surface area (Å²) in [6.07, 6.45) is 1.17. The molecule has 0 aliphatic heterocycles. The van der Waals surface area contributed by atoms with Crippen LogP contribution >= 0.6 is 0 Å². The van der Waals surface area contributed by atoms with Crippen molar-refractivity contribution in [1.29, 1.82) is 0 Å². The Kier molecular flexibility index (Phi) is 2.80. The van der Waals surface area contributed by atoms with Gasteiger partial charge in [-0.1, -0.05) is 0 Å². The minimum Gasteiger partial charge on any atom is -0.248 e. The molecule has 17 heavy (non-hydrogen) atoms. The second-order valence-electron chi connectivity index (χ2n) is 3.35. The van der Waals surface area contributed by atoms with Crippen LogP contribution in [0.5, 0.6) is 0 Å². The minimum absolute atomic E-state index is 0.00646. The zero-order chi connectivity index (χ0) is 12.5. The van der Waals surface area contributed by atoms with Crippen LogP contribution in [0.3, 0.4) is 0 Å². The molecule has 0 amide bonds. The van der Waals surface area contributed by atoms with Crippen molar-refractivity contribution in [3.05, 3.63) is 35.9 Å². The largest absolute Gasteiger partial charge is 0.264 e. The van der Waals surface area contributed by atoms with Crippen molar-refractivity contribution in [2.24, 2.45) is 0 Å². The van der Waals surface area contributed by atoms with E-state index in [0.29, 0.717) is 0 Å². The molecule has 1 heterocycles. The zero-order valence-corrected chi connectivity index (χ0v) is 9.62. The lowest BCUT2D eigenvalue weighted by Gasteiger charge is -2.05. The van der Waals surface area contributed by atoms with E-state index in [1.165, 1.54) is 25.4 Å². The van der Waals surface area contributed by atoms with Crippen LogP contribution in [0, 0.1) is 12.7 Å². The summed E-state index contributed by atoms with van der Waals surface area (Å²) in [4.78, 5) is 3.60. The van der Waals surface area contributed by atoms with Gasteiger partial charge < -0.3 is 0 Å². The summed E-state index contributed by atoms with van der Waals surface area (Å²) in [6, 6.07) is 3.53. The Hall–Kier alpha value is -1.96. The fraction of sp³-hybridized carbons (Fsp3) is 0.111. The van der Waals surface area contributed by atoms with E-state index in [1.54, 1.807) is 0 Å². The second kappa shape index (κ2) is 4.13. The molecule has 0 fully saturated rings. The molecule has 1 aromatic heterocycles. The maximum absolute atomic E-state index is 13.0. The number of hydrogen-bond donors (Lipinski definition) is 2. The fourth-order valence-corrected chi connectivity index (χ4v) is 2.28. The average Bonchev–Trinajstić information content (AvgIpc) is 2.73. The molecule has 0 saturated carbocycles. The maximum atomic E-state index is 13.0. The van der Waals surface area contributed by atoms with Crippen LogP contribution in [0.1, 0.15) is 5.56 Å². The number of aryl methyl sites for hydroxylation is 1. The van der Waals surface area contributed by atoms with Crippen molar-refractivity contribution in [2.45, 2.75) is 11.8 Å². The smallest absolute Gasteiger partial charge is 0.248 e. The molecule has 0 aliphatic rings. The zero-order valence-electron chi connectivity index (χ0n) is 8.81. The van der Waals surface area contributed by atoms with Gasteiger partial charge in [0.1, 0.15) is 12.1 Å². The van der Waals surface area contributed by atoms with Crippen LogP contribution in [0.15, 0.2) is 29.4 Å². The summed E-state index contributed by atoms with van der Waals surface area (Å²) in [5.74, 6) is -0.449. The van der Waals surface area contributed by atoms with Gasteiger partial charge in [0.05, 0.1) is 4.90 Å². The Morgan fingerprint density at radius 1 is 1.41 bits per heavy atom. The first kappa shape index (κ1) is 11.5. The quantitative estimate of drug-likeness (QED) is 0.859. The van der Waals surface area contributed by atoms with E-state index in [0.717, 1.165) is 6.07 Å². The summed E-state index contributed by atoms with van der Waals surface area (Å²) >= 11 is 0. The molecule has 0 radical (unpaired) electrons. The number of aromatic nitrogens is 3. The Labute approximate surface area is 96.9 Å². The molecule has 0 atom stereocenters. The molecule has 0 unspecified atom stereocenters. The number of H-pyrrole nitrogens is 1. The number of rotatable bonds is 3. The number of hydrogen-bond acceptors (Lipinski definition) is 4. The molecule has 0 aliphatic carbocycles. The molecule has 2 rings (SSSR count). The third-order valence-corrected chi connectivity index (χ3v) is 3.42. The first-order valence-corrected chi connectivity index (χ1v) is 6.12. The number of benzene rings is 1. The lowest BCUT2D eigenvalue weighted by Crippen LogP contribution is -2.14. The van der Waals surface area contributed by atoms with Gasteiger partial charge in [-0.25, -0.2) is 22.6 Å². The molecular weight excluding hydrogens is 247 g/mol. The van der Waals surface area contributed by atoms with Crippen LogP contribution in [0.2, 0.25) is 0 Å². The number of nitrogens with zero attached hydrogens (tertiary/aromatic N) is 2. The van der Waals surface area contributed by atoms with Gasteiger partial charge >= 0.3 is 0 Å². The van der Waals surface area contributed by atoms with Gasteiger partial charge in [-0.05, 0) is 30.7 Å². The molecule has 2 N–H and O–H groups in total. The topological polar surface area (TPSA) is 87.7 Å². The normalized spacial score (nSPS) is 11.4. The van der Waals surface area contributed by atoms with E-state index in [9.17, 15) is 12.8 Å². The first-order valence-electron chi connectivity index (χ1n) is 4.63. The molecule has 0 spiro atoms. The SMILES string of the molecule is Cc1cc(S(=O)(=O)Nc2ncn[nH]2)ccc1F. The predicted molar refractivity (Wildman–Crippen MR) is 58.3 cm³/mol. The standard InChI is InChI=1S/C9H9FN4O2S/c1-6-4-7(2-3-8(6)10)17(15,16)14-9-11-5-12-13-9/h2-5H,1H3,(H2,11,12,13,14). The van der Waals surface area contributed by atoms with E-state index >= 15 is 0 Å². The van der Waals surface area contributed by atoms with E-state index in [4.69, 9.17) is 0 Å². The summed E-state index contributed by atoms with van der Waals surface area (Å²) in [5.41, 5.74) is 0.255. The number of nitrogens with one attached hydrogen (secondary N) is 2. The van der Waals surface area contributed by atoms with E-state index in [1.807, 2.05) is 0 Å².